The number of benzene rings is 1. The molecule has 3 heteroatoms. The molecule has 1 amide bonds. The van der Waals surface area contributed by atoms with E-state index in [0.717, 1.165) is 6.61 Å². The van der Waals surface area contributed by atoms with Crippen LogP contribution < -0.4 is 5.32 Å². The number of carbonyl (C=O) groups excluding carboxylic acids is 1. The van der Waals surface area contributed by atoms with Gasteiger partial charge >= 0.3 is 0 Å². The molecule has 0 unspecified atom stereocenters. The van der Waals surface area contributed by atoms with Gasteiger partial charge in [-0.25, -0.2) is 0 Å². The summed E-state index contributed by atoms with van der Waals surface area (Å²) in [7, 11) is 0. The molecule has 4 rings (SSSR count). The molecule has 1 heterocycles. The lowest BCUT2D eigenvalue weighted by atomic mass is 9.75. The van der Waals surface area contributed by atoms with Crippen LogP contribution in [0.4, 0.5) is 0 Å². The van der Waals surface area contributed by atoms with Gasteiger partial charge in [0.15, 0.2) is 0 Å². The molecule has 6 atom stereocenters. The Bertz CT molecular complexity index is 515. The molecule has 106 valence electrons. The Morgan fingerprint density at radius 1 is 1.15 bits per heavy atom. The summed E-state index contributed by atoms with van der Waals surface area (Å²) in [5.74, 6) is 2.51. The Kier molecular flexibility index (Phi) is 2.84. The molecule has 3 nitrogen and oxygen atoms in total. The first kappa shape index (κ1) is 12.4. The van der Waals surface area contributed by atoms with Crippen LogP contribution in [0.2, 0.25) is 0 Å². The van der Waals surface area contributed by atoms with Crippen LogP contribution in [0, 0.1) is 17.8 Å². The molecule has 0 spiro atoms. The Hall–Kier alpha value is -1.35. The Morgan fingerprint density at radius 2 is 1.95 bits per heavy atom. The molecule has 2 aliphatic carbocycles. The predicted molar refractivity (Wildman–Crippen MR) is 76.2 cm³/mol. The average Bonchev–Trinajstić information content (AvgIpc) is 3.00. The highest BCUT2D eigenvalue weighted by atomic mass is 16.5. The van der Waals surface area contributed by atoms with Crippen molar-refractivity contribution in [3.8, 4) is 0 Å². The second-order valence-corrected chi connectivity index (χ2v) is 6.59. The number of hydrogen-bond donors (Lipinski definition) is 1. The van der Waals surface area contributed by atoms with Crippen molar-refractivity contribution >= 4 is 5.91 Å². The van der Waals surface area contributed by atoms with E-state index < -0.39 is 0 Å². The Balaban J connectivity index is 1.60. The van der Waals surface area contributed by atoms with E-state index in [1.54, 1.807) is 0 Å². The van der Waals surface area contributed by atoms with E-state index in [1.807, 2.05) is 6.92 Å². The second-order valence-electron chi connectivity index (χ2n) is 6.59. The largest absolute Gasteiger partial charge is 0.368 e. The topological polar surface area (TPSA) is 38.3 Å². The van der Waals surface area contributed by atoms with Gasteiger partial charge in [0.05, 0.1) is 6.61 Å². The van der Waals surface area contributed by atoms with Crippen molar-refractivity contribution in [2.45, 2.75) is 37.8 Å². The summed E-state index contributed by atoms with van der Waals surface area (Å²) in [6.07, 6.45) is 2.16. The van der Waals surface area contributed by atoms with Crippen molar-refractivity contribution in [1.29, 1.82) is 0 Å². The van der Waals surface area contributed by atoms with Crippen LogP contribution in [0.3, 0.4) is 0 Å². The van der Waals surface area contributed by atoms with E-state index in [9.17, 15) is 4.79 Å². The Labute approximate surface area is 119 Å². The first-order valence-electron chi connectivity index (χ1n) is 7.71. The van der Waals surface area contributed by atoms with E-state index >= 15 is 0 Å². The standard InChI is InChI=1S/C17H21NO2/c1-10-17(19)18-16-12-7-13(11-5-3-2-4-6-11)14(8-12)15(16)9-20-10/h2-6,10,12-16H,7-9H2,1H3,(H,18,19)/t10-,12-,13+,14-,15+,16-/m1/s1. The summed E-state index contributed by atoms with van der Waals surface area (Å²) in [5.41, 5.74) is 1.46. The zero-order valence-corrected chi connectivity index (χ0v) is 11.8. The summed E-state index contributed by atoms with van der Waals surface area (Å²) in [5, 5.41) is 3.23. The van der Waals surface area contributed by atoms with Gasteiger partial charge in [0.1, 0.15) is 6.10 Å². The van der Waals surface area contributed by atoms with Gasteiger partial charge in [0, 0.05) is 12.0 Å². The smallest absolute Gasteiger partial charge is 0.249 e. The molecule has 2 saturated carbocycles. The van der Waals surface area contributed by atoms with Crippen LogP contribution in [-0.2, 0) is 9.53 Å². The summed E-state index contributed by atoms with van der Waals surface area (Å²) in [6.45, 7) is 2.59. The lowest BCUT2D eigenvalue weighted by Gasteiger charge is -2.34. The van der Waals surface area contributed by atoms with E-state index in [2.05, 4.69) is 35.6 Å². The average molecular weight is 271 g/mol. The quantitative estimate of drug-likeness (QED) is 0.851. The van der Waals surface area contributed by atoms with E-state index in [0.29, 0.717) is 29.7 Å². The number of rotatable bonds is 1. The first-order chi connectivity index (χ1) is 9.74. The fourth-order valence-corrected chi connectivity index (χ4v) is 4.64. The minimum absolute atomic E-state index is 0.0707. The monoisotopic (exact) mass is 271 g/mol. The summed E-state index contributed by atoms with van der Waals surface area (Å²) < 4.78 is 5.75. The van der Waals surface area contributed by atoms with Crippen LogP contribution >= 0.6 is 0 Å². The SMILES string of the molecule is C[C@H]1OC[C@H]2[C@@H]3C[C@@H](C[C@H]3c3ccccc3)[C@H]2NC1=O. The lowest BCUT2D eigenvalue weighted by molar-refractivity contribution is -0.130. The van der Waals surface area contributed by atoms with Gasteiger partial charge in [-0.2, -0.15) is 0 Å². The molecular weight excluding hydrogens is 250 g/mol. The molecule has 0 aromatic heterocycles. The molecule has 1 aliphatic heterocycles. The van der Waals surface area contributed by atoms with Gasteiger partial charge in [-0.3, -0.25) is 4.79 Å². The van der Waals surface area contributed by atoms with Crippen molar-refractivity contribution in [1.82, 2.24) is 5.32 Å². The molecule has 1 N–H and O–H groups in total. The maximum Gasteiger partial charge on any atom is 0.249 e. The molecule has 20 heavy (non-hydrogen) atoms. The third-order valence-corrected chi connectivity index (χ3v) is 5.61. The number of ether oxygens (including phenoxy) is 1. The summed E-state index contributed by atoms with van der Waals surface area (Å²) in [4.78, 5) is 11.9. The molecule has 2 bridgehead atoms. The van der Waals surface area contributed by atoms with Gasteiger partial charge < -0.3 is 10.1 Å². The predicted octanol–water partition coefficient (Wildman–Crippen LogP) is 2.33. The highest BCUT2D eigenvalue weighted by molar-refractivity contribution is 5.81. The van der Waals surface area contributed by atoms with Gasteiger partial charge in [0.25, 0.3) is 0 Å². The maximum absolute atomic E-state index is 11.9. The molecular formula is C17H21NO2. The van der Waals surface area contributed by atoms with E-state index in [1.165, 1.54) is 18.4 Å². The fraction of sp³-hybridized carbons (Fsp3) is 0.588. The van der Waals surface area contributed by atoms with Crippen LogP contribution in [-0.4, -0.2) is 24.7 Å². The van der Waals surface area contributed by atoms with Gasteiger partial charge in [-0.1, -0.05) is 30.3 Å². The number of carbonyl (C=O) groups is 1. The molecule has 0 radical (unpaired) electrons. The maximum atomic E-state index is 11.9. The molecule has 1 aromatic rings. The number of amides is 1. The van der Waals surface area contributed by atoms with Gasteiger partial charge in [-0.05, 0) is 43.1 Å². The first-order valence-corrected chi connectivity index (χ1v) is 7.71. The van der Waals surface area contributed by atoms with Crippen LogP contribution in [0.1, 0.15) is 31.2 Å². The van der Waals surface area contributed by atoms with E-state index in [-0.39, 0.29) is 12.0 Å². The van der Waals surface area contributed by atoms with Crippen LogP contribution in [0.25, 0.3) is 0 Å². The fourth-order valence-electron chi connectivity index (χ4n) is 4.64. The number of fused-ring (bicyclic) bond motifs is 5. The molecule has 1 saturated heterocycles. The highest BCUT2D eigenvalue weighted by Gasteiger charge is 2.54. The Morgan fingerprint density at radius 3 is 2.75 bits per heavy atom. The second kappa shape index (κ2) is 4.59. The number of hydrogen-bond acceptors (Lipinski definition) is 2. The van der Waals surface area contributed by atoms with Gasteiger partial charge in [-0.15, -0.1) is 0 Å². The van der Waals surface area contributed by atoms with Gasteiger partial charge in [0.2, 0.25) is 5.91 Å². The van der Waals surface area contributed by atoms with Crippen LogP contribution in [0.5, 0.6) is 0 Å². The van der Waals surface area contributed by atoms with Crippen LogP contribution in [0.15, 0.2) is 30.3 Å². The van der Waals surface area contributed by atoms with Crippen molar-refractivity contribution < 1.29 is 9.53 Å². The van der Waals surface area contributed by atoms with Crippen molar-refractivity contribution in [2.24, 2.45) is 17.8 Å². The minimum Gasteiger partial charge on any atom is -0.368 e. The highest BCUT2D eigenvalue weighted by Crippen LogP contribution is 2.56. The summed E-state index contributed by atoms with van der Waals surface area (Å²) in [6, 6.07) is 11.2. The van der Waals surface area contributed by atoms with Crippen molar-refractivity contribution in [3.63, 3.8) is 0 Å². The third-order valence-electron chi connectivity index (χ3n) is 5.61. The zero-order valence-electron chi connectivity index (χ0n) is 11.8. The zero-order chi connectivity index (χ0) is 13.7. The third kappa shape index (κ3) is 1.80. The van der Waals surface area contributed by atoms with Crippen molar-refractivity contribution in [3.05, 3.63) is 35.9 Å². The normalized spacial score (nSPS) is 43.0. The summed E-state index contributed by atoms with van der Waals surface area (Å²) >= 11 is 0. The van der Waals surface area contributed by atoms with Crippen molar-refractivity contribution in [2.75, 3.05) is 6.61 Å². The molecule has 1 aromatic carbocycles. The molecule has 3 fully saturated rings. The lowest BCUT2D eigenvalue weighted by Crippen LogP contribution is -2.45. The number of nitrogens with one attached hydrogen (secondary N) is 1. The minimum atomic E-state index is -0.296. The van der Waals surface area contributed by atoms with E-state index in [4.69, 9.17) is 4.74 Å². The molecule has 3 aliphatic rings.